The van der Waals surface area contributed by atoms with E-state index in [1.165, 1.54) is 0 Å². The van der Waals surface area contributed by atoms with E-state index in [9.17, 15) is 13.2 Å². The van der Waals surface area contributed by atoms with Crippen LogP contribution in [0, 0.1) is 5.92 Å². The third-order valence-electron chi connectivity index (χ3n) is 5.03. The van der Waals surface area contributed by atoms with Gasteiger partial charge in [0.05, 0.1) is 11.4 Å². The maximum atomic E-state index is 15.1. The van der Waals surface area contributed by atoms with Gasteiger partial charge in [0, 0.05) is 13.1 Å². The van der Waals surface area contributed by atoms with Crippen molar-refractivity contribution in [2.45, 2.75) is 49.6 Å². The van der Waals surface area contributed by atoms with Crippen molar-refractivity contribution in [2.24, 2.45) is 5.92 Å². The Morgan fingerprint density at radius 3 is 2.60 bits per heavy atom. The maximum absolute atomic E-state index is 15.1. The van der Waals surface area contributed by atoms with Gasteiger partial charge in [0.2, 0.25) is 15.7 Å². The molecule has 0 spiro atoms. The second kappa shape index (κ2) is 7.03. The van der Waals surface area contributed by atoms with E-state index < -0.39 is 28.1 Å². The van der Waals surface area contributed by atoms with Gasteiger partial charge in [0.25, 0.3) is 5.91 Å². The molecule has 1 N–H and O–H groups in total. The quantitative estimate of drug-likeness (QED) is 0.838. The van der Waals surface area contributed by atoms with Gasteiger partial charge in [0.15, 0.2) is 0 Å². The number of hydrogen-bond donors (Lipinski definition) is 1. The van der Waals surface area contributed by atoms with E-state index in [-0.39, 0.29) is 17.9 Å². The summed E-state index contributed by atoms with van der Waals surface area (Å²) in [6.07, 6.45) is 3.34. The fraction of sp³-hybridized carbons (Fsp3) is 0.611. The van der Waals surface area contributed by atoms with Crippen molar-refractivity contribution >= 4 is 15.9 Å². The van der Waals surface area contributed by atoms with Crippen molar-refractivity contribution in [3.63, 3.8) is 0 Å². The van der Waals surface area contributed by atoms with E-state index in [0.29, 0.717) is 18.9 Å². The molecule has 1 unspecified atom stereocenters. The van der Waals surface area contributed by atoms with Crippen LogP contribution in [-0.4, -0.2) is 43.9 Å². The predicted octanol–water partition coefficient (Wildman–Crippen LogP) is 2.27. The molecule has 2 fully saturated rings. The lowest BCUT2D eigenvalue weighted by molar-refractivity contribution is -0.135. The maximum Gasteiger partial charge on any atom is 0.259 e. The second-order valence-corrected chi connectivity index (χ2v) is 9.00. The van der Waals surface area contributed by atoms with Gasteiger partial charge in [-0.15, -0.1) is 0 Å². The lowest BCUT2D eigenvalue weighted by Gasteiger charge is -2.35. The van der Waals surface area contributed by atoms with Crippen molar-refractivity contribution in [1.82, 2.24) is 9.62 Å². The van der Waals surface area contributed by atoms with Gasteiger partial charge in [-0.2, -0.15) is 4.31 Å². The van der Waals surface area contributed by atoms with Crippen molar-refractivity contribution < 1.29 is 17.6 Å². The zero-order valence-electron chi connectivity index (χ0n) is 14.5. The second-order valence-electron chi connectivity index (χ2n) is 7.06. The molecule has 1 aromatic rings. The number of amides is 1. The van der Waals surface area contributed by atoms with Crippen molar-refractivity contribution in [1.29, 1.82) is 0 Å². The number of hydrogen-bond acceptors (Lipinski definition) is 3. The van der Waals surface area contributed by atoms with Gasteiger partial charge in [-0.3, -0.25) is 4.79 Å². The molecule has 0 bridgehead atoms. The first-order valence-corrected chi connectivity index (χ1v) is 10.4. The number of carbonyl (C=O) groups excluding carboxylic acids is 1. The normalized spacial score (nSPS) is 24.9. The molecule has 1 aromatic carbocycles. The van der Waals surface area contributed by atoms with Crippen molar-refractivity contribution in [2.75, 3.05) is 19.6 Å². The van der Waals surface area contributed by atoms with Crippen LogP contribution >= 0.6 is 0 Å². The summed E-state index contributed by atoms with van der Waals surface area (Å²) in [4.78, 5) is 12.4. The van der Waals surface area contributed by atoms with Crippen LogP contribution < -0.4 is 5.32 Å². The minimum atomic E-state index is -3.80. The van der Waals surface area contributed by atoms with E-state index in [1.54, 1.807) is 24.3 Å². The number of benzene rings is 1. The van der Waals surface area contributed by atoms with Crippen LogP contribution in [0.15, 0.2) is 29.2 Å². The van der Waals surface area contributed by atoms with Crippen LogP contribution in [0.2, 0.25) is 0 Å². The summed E-state index contributed by atoms with van der Waals surface area (Å²) in [6.45, 7) is 2.29. The molecular formula is C18H25FN2O3S. The summed E-state index contributed by atoms with van der Waals surface area (Å²) >= 11 is 0. The first-order chi connectivity index (χ1) is 11.8. The molecule has 1 saturated carbocycles. The van der Waals surface area contributed by atoms with E-state index >= 15 is 4.39 Å². The van der Waals surface area contributed by atoms with Crippen molar-refractivity contribution in [3.8, 4) is 0 Å². The summed E-state index contributed by atoms with van der Waals surface area (Å²) in [5.41, 5.74) is -1.11. The topological polar surface area (TPSA) is 66.5 Å². The molecule has 3 rings (SSSR count). The minimum absolute atomic E-state index is 0.0598. The van der Waals surface area contributed by atoms with Gasteiger partial charge in [-0.1, -0.05) is 19.1 Å². The van der Waals surface area contributed by atoms with Crippen LogP contribution in [0.3, 0.4) is 0 Å². The molecule has 1 heterocycles. The highest BCUT2D eigenvalue weighted by Gasteiger charge is 2.46. The molecule has 1 aliphatic carbocycles. The molecule has 25 heavy (non-hydrogen) atoms. The molecule has 1 atom stereocenters. The van der Waals surface area contributed by atoms with E-state index in [2.05, 4.69) is 5.32 Å². The van der Waals surface area contributed by atoms with Gasteiger partial charge in [0.1, 0.15) is 0 Å². The number of alkyl halides is 1. The Morgan fingerprint density at radius 2 is 2.00 bits per heavy atom. The zero-order chi connectivity index (χ0) is 18.1. The van der Waals surface area contributed by atoms with Gasteiger partial charge >= 0.3 is 0 Å². The molecule has 1 amide bonds. The molecule has 1 saturated heterocycles. The highest BCUT2D eigenvalue weighted by Crippen LogP contribution is 2.31. The smallest absolute Gasteiger partial charge is 0.259 e. The summed E-state index contributed by atoms with van der Waals surface area (Å²) in [5, 5.41) is 2.65. The SMILES string of the molecule is CCc1ccc(S(=O)(=O)N2CCCC(F)(C(=O)NCC3CC3)C2)cc1. The molecule has 0 radical (unpaired) electrons. The highest BCUT2D eigenvalue weighted by molar-refractivity contribution is 7.89. The van der Waals surface area contributed by atoms with Crippen molar-refractivity contribution in [3.05, 3.63) is 29.8 Å². The average molecular weight is 368 g/mol. The fourth-order valence-corrected chi connectivity index (χ4v) is 4.65. The van der Waals surface area contributed by atoms with E-state index in [0.717, 1.165) is 29.1 Å². The number of rotatable bonds is 6. The molecule has 138 valence electrons. The Labute approximate surface area is 148 Å². The Kier molecular flexibility index (Phi) is 5.16. The van der Waals surface area contributed by atoms with Crippen LogP contribution in [-0.2, 0) is 21.2 Å². The summed E-state index contributed by atoms with van der Waals surface area (Å²) in [5.74, 6) is -0.228. The van der Waals surface area contributed by atoms with Crippen LogP contribution in [0.4, 0.5) is 4.39 Å². The van der Waals surface area contributed by atoms with E-state index in [4.69, 9.17) is 0 Å². The number of nitrogens with one attached hydrogen (secondary N) is 1. The van der Waals surface area contributed by atoms with Gasteiger partial charge < -0.3 is 5.32 Å². The molecule has 7 heteroatoms. The fourth-order valence-electron chi connectivity index (χ4n) is 3.13. The summed E-state index contributed by atoms with van der Waals surface area (Å²) in [6, 6.07) is 6.63. The Hall–Kier alpha value is -1.47. The van der Waals surface area contributed by atoms with Crippen LogP contribution in [0.25, 0.3) is 0 Å². The number of sulfonamides is 1. The molecule has 1 aliphatic heterocycles. The first-order valence-electron chi connectivity index (χ1n) is 8.91. The van der Waals surface area contributed by atoms with Gasteiger partial charge in [-0.05, 0) is 55.7 Å². The van der Waals surface area contributed by atoms with Crippen LogP contribution in [0.1, 0.15) is 38.2 Å². The number of halogens is 1. The number of carbonyl (C=O) groups is 1. The average Bonchev–Trinajstić information content (AvgIpc) is 3.44. The number of piperidine rings is 1. The largest absolute Gasteiger partial charge is 0.353 e. The predicted molar refractivity (Wildman–Crippen MR) is 93.4 cm³/mol. The Balaban J connectivity index is 1.73. The molecule has 5 nitrogen and oxygen atoms in total. The van der Waals surface area contributed by atoms with E-state index in [1.807, 2.05) is 6.92 Å². The third-order valence-corrected chi connectivity index (χ3v) is 6.89. The number of nitrogens with zero attached hydrogens (tertiary/aromatic N) is 1. The lowest BCUT2D eigenvalue weighted by Crippen LogP contribution is -2.55. The highest BCUT2D eigenvalue weighted by atomic mass is 32.2. The zero-order valence-corrected chi connectivity index (χ0v) is 15.3. The lowest BCUT2D eigenvalue weighted by atomic mass is 9.95. The Bertz CT molecular complexity index is 731. The standard InChI is InChI=1S/C18H25FN2O3S/c1-2-14-6-8-16(9-7-14)25(23,24)21-11-3-10-18(19,13-21)17(22)20-12-15-4-5-15/h6-9,15H,2-5,10-13H2,1H3,(H,20,22). The summed E-state index contributed by atoms with van der Waals surface area (Å²) in [7, 11) is -3.80. The molecule has 2 aliphatic rings. The Morgan fingerprint density at radius 1 is 1.32 bits per heavy atom. The summed E-state index contributed by atoms with van der Waals surface area (Å²) < 4.78 is 41.8. The first kappa shape index (κ1) is 18.3. The van der Waals surface area contributed by atoms with Crippen LogP contribution in [0.5, 0.6) is 0 Å². The molecule has 0 aromatic heterocycles. The number of aryl methyl sites for hydroxylation is 1. The molecular weight excluding hydrogens is 343 g/mol. The third kappa shape index (κ3) is 4.03. The monoisotopic (exact) mass is 368 g/mol. The minimum Gasteiger partial charge on any atom is -0.353 e. The van der Waals surface area contributed by atoms with Gasteiger partial charge in [-0.25, -0.2) is 12.8 Å².